The van der Waals surface area contributed by atoms with Gasteiger partial charge in [0.05, 0.1) is 0 Å². The van der Waals surface area contributed by atoms with Crippen molar-refractivity contribution >= 4 is 5.97 Å². The fraction of sp³-hybridized carbons (Fsp3) is 0.562. The maximum atomic E-state index is 12.1. The summed E-state index contributed by atoms with van der Waals surface area (Å²) >= 11 is 0. The highest BCUT2D eigenvalue weighted by Gasteiger charge is 2.57. The van der Waals surface area contributed by atoms with Gasteiger partial charge in [-0.25, -0.2) is 4.79 Å². The van der Waals surface area contributed by atoms with Gasteiger partial charge in [0.15, 0.2) is 0 Å². The summed E-state index contributed by atoms with van der Waals surface area (Å²) in [5.74, 6) is -2.67. The molecule has 0 saturated carbocycles. The second kappa shape index (κ2) is 4.57. The average Bonchev–Trinajstić information content (AvgIpc) is 2.29. The van der Waals surface area contributed by atoms with E-state index in [1.54, 1.807) is 27.7 Å². The van der Waals surface area contributed by atoms with Crippen molar-refractivity contribution in [2.24, 2.45) is 0 Å². The largest absolute Gasteiger partial charge is 0.453 e. The van der Waals surface area contributed by atoms with E-state index in [-0.39, 0.29) is 6.42 Å². The molecule has 4 nitrogen and oxygen atoms in total. The Morgan fingerprint density at radius 2 is 1.60 bits per heavy atom. The first-order valence-corrected chi connectivity index (χ1v) is 6.77. The van der Waals surface area contributed by atoms with Crippen LogP contribution >= 0.6 is 0 Å². The molecule has 0 bridgehead atoms. The Kier molecular flexibility index (Phi) is 3.43. The van der Waals surface area contributed by atoms with Gasteiger partial charge in [0.1, 0.15) is 11.2 Å². The van der Waals surface area contributed by atoms with E-state index < -0.39 is 23.0 Å². The van der Waals surface area contributed by atoms with Gasteiger partial charge >= 0.3 is 5.97 Å². The van der Waals surface area contributed by atoms with E-state index in [2.05, 4.69) is 0 Å². The summed E-state index contributed by atoms with van der Waals surface area (Å²) in [6.45, 7) is 9.14. The zero-order valence-electron chi connectivity index (χ0n) is 12.7. The standard InChI is InChI=1S/C16H22O4/c1-11-6-8-12(9-7-11)10-16(18)13(17)19-14(2,3)15(4,5)20-16/h6-9,18H,10H2,1-5H3. The number of rotatable bonds is 2. The molecule has 20 heavy (non-hydrogen) atoms. The Morgan fingerprint density at radius 3 is 2.15 bits per heavy atom. The van der Waals surface area contributed by atoms with Crippen LogP contribution in [0.3, 0.4) is 0 Å². The second-order valence-corrected chi connectivity index (χ2v) is 6.46. The van der Waals surface area contributed by atoms with Crippen LogP contribution < -0.4 is 0 Å². The summed E-state index contributed by atoms with van der Waals surface area (Å²) in [5, 5.41) is 10.5. The lowest BCUT2D eigenvalue weighted by molar-refractivity contribution is -0.332. The molecule has 0 amide bonds. The van der Waals surface area contributed by atoms with E-state index in [1.165, 1.54) is 0 Å². The Bertz CT molecular complexity index is 516. The molecule has 1 saturated heterocycles. The van der Waals surface area contributed by atoms with Crippen LogP contribution in [0.25, 0.3) is 0 Å². The normalized spacial score (nSPS) is 28.0. The lowest BCUT2D eigenvalue weighted by Gasteiger charge is -2.49. The molecular weight excluding hydrogens is 256 g/mol. The summed E-state index contributed by atoms with van der Waals surface area (Å²) in [6.07, 6.45) is 0.0750. The van der Waals surface area contributed by atoms with Gasteiger partial charge in [-0.05, 0) is 40.2 Å². The van der Waals surface area contributed by atoms with Crippen LogP contribution in [0, 0.1) is 6.92 Å². The molecule has 4 heteroatoms. The molecule has 1 atom stereocenters. The molecular formula is C16H22O4. The first-order valence-electron chi connectivity index (χ1n) is 6.77. The Hall–Kier alpha value is -1.39. The smallest absolute Gasteiger partial charge is 0.367 e. The molecule has 1 aliphatic rings. The van der Waals surface area contributed by atoms with Crippen molar-refractivity contribution in [1.29, 1.82) is 0 Å². The monoisotopic (exact) mass is 278 g/mol. The van der Waals surface area contributed by atoms with Gasteiger partial charge in [-0.3, -0.25) is 0 Å². The maximum absolute atomic E-state index is 12.1. The highest BCUT2D eigenvalue weighted by Crippen LogP contribution is 2.39. The molecule has 1 aliphatic heterocycles. The molecule has 0 spiro atoms. The van der Waals surface area contributed by atoms with E-state index in [0.29, 0.717) is 0 Å². The molecule has 2 rings (SSSR count). The third-order valence-corrected chi connectivity index (χ3v) is 4.11. The van der Waals surface area contributed by atoms with Crippen molar-refractivity contribution in [2.45, 2.75) is 58.0 Å². The second-order valence-electron chi connectivity index (χ2n) is 6.46. The van der Waals surface area contributed by atoms with Crippen molar-refractivity contribution < 1.29 is 19.4 Å². The summed E-state index contributed by atoms with van der Waals surface area (Å²) in [7, 11) is 0. The number of esters is 1. The van der Waals surface area contributed by atoms with Crippen molar-refractivity contribution in [3.8, 4) is 0 Å². The molecule has 1 aromatic carbocycles. The fourth-order valence-corrected chi connectivity index (χ4v) is 2.11. The number of cyclic esters (lactones) is 1. The van der Waals surface area contributed by atoms with Gasteiger partial charge in [0.2, 0.25) is 0 Å². The molecule has 1 N–H and O–H groups in total. The third kappa shape index (κ3) is 2.58. The van der Waals surface area contributed by atoms with Crippen molar-refractivity contribution in [1.82, 2.24) is 0 Å². The quantitative estimate of drug-likeness (QED) is 0.844. The lowest BCUT2D eigenvalue weighted by Crippen LogP contribution is -2.65. The maximum Gasteiger partial charge on any atom is 0.367 e. The van der Waals surface area contributed by atoms with Gasteiger partial charge in [0.25, 0.3) is 5.79 Å². The first-order chi connectivity index (χ1) is 9.06. The minimum absolute atomic E-state index is 0.0750. The summed E-state index contributed by atoms with van der Waals surface area (Å²) in [5.41, 5.74) is 0.379. The molecule has 0 radical (unpaired) electrons. The van der Waals surface area contributed by atoms with Crippen LogP contribution in [0.15, 0.2) is 24.3 Å². The molecule has 110 valence electrons. The molecule has 1 aromatic rings. The molecule has 1 unspecified atom stereocenters. The predicted octanol–water partition coefficient (Wildman–Crippen LogP) is 2.36. The van der Waals surface area contributed by atoms with Gasteiger partial charge in [0, 0.05) is 6.42 Å². The minimum atomic E-state index is -1.94. The number of hydrogen-bond acceptors (Lipinski definition) is 4. The molecule has 1 heterocycles. The average molecular weight is 278 g/mol. The van der Waals surface area contributed by atoms with E-state index in [0.717, 1.165) is 11.1 Å². The predicted molar refractivity (Wildman–Crippen MR) is 75.2 cm³/mol. The Balaban J connectivity index is 2.26. The molecule has 0 aromatic heterocycles. The number of benzene rings is 1. The van der Waals surface area contributed by atoms with Crippen molar-refractivity contribution in [3.05, 3.63) is 35.4 Å². The van der Waals surface area contributed by atoms with Gasteiger partial charge in [-0.15, -0.1) is 0 Å². The lowest BCUT2D eigenvalue weighted by atomic mass is 9.86. The molecule has 0 aliphatic carbocycles. The van der Waals surface area contributed by atoms with Crippen LogP contribution in [0.1, 0.15) is 38.8 Å². The van der Waals surface area contributed by atoms with E-state index in [4.69, 9.17) is 9.47 Å². The fourth-order valence-electron chi connectivity index (χ4n) is 2.11. The highest BCUT2D eigenvalue weighted by molar-refractivity contribution is 5.79. The van der Waals surface area contributed by atoms with Crippen molar-refractivity contribution in [2.75, 3.05) is 0 Å². The van der Waals surface area contributed by atoms with Crippen LogP contribution in [-0.2, 0) is 20.7 Å². The number of aliphatic hydroxyl groups is 1. The SMILES string of the molecule is Cc1ccc(CC2(O)OC(C)(C)C(C)(C)OC2=O)cc1. The van der Waals surface area contributed by atoms with Crippen LogP contribution in [0.5, 0.6) is 0 Å². The zero-order chi connectivity index (χ0) is 15.2. The number of hydrogen-bond donors (Lipinski definition) is 1. The minimum Gasteiger partial charge on any atom is -0.453 e. The third-order valence-electron chi connectivity index (χ3n) is 4.11. The number of ether oxygens (including phenoxy) is 2. The Labute approximate surface area is 119 Å². The van der Waals surface area contributed by atoms with Gasteiger partial charge in [-0.2, -0.15) is 0 Å². The van der Waals surface area contributed by atoms with Crippen LogP contribution in [-0.4, -0.2) is 28.1 Å². The summed E-state index contributed by atoms with van der Waals surface area (Å²) in [6, 6.07) is 7.61. The Morgan fingerprint density at radius 1 is 1.05 bits per heavy atom. The topological polar surface area (TPSA) is 55.8 Å². The van der Waals surface area contributed by atoms with E-state index in [1.807, 2.05) is 31.2 Å². The number of carbonyl (C=O) groups is 1. The number of carbonyl (C=O) groups excluding carboxylic acids is 1. The first kappa shape index (κ1) is 15.0. The van der Waals surface area contributed by atoms with Crippen LogP contribution in [0.4, 0.5) is 0 Å². The zero-order valence-corrected chi connectivity index (χ0v) is 12.7. The van der Waals surface area contributed by atoms with E-state index >= 15 is 0 Å². The number of aryl methyl sites for hydroxylation is 1. The summed E-state index contributed by atoms with van der Waals surface area (Å²) < 4.78 is 11.1. The van der Waals surface area contributed by atoms with E-state index in [9.17, 15) is 9.90 Å². The van der Waals surface area contributed by atoms with Crippen molar-refractivity contribution in [3.63, 3.8) is 0 Å². The van der Waals surface area contributed by atoms with Gasteiger partial charge in [-0.1, -0.05) is 29.8 Å². The summed E-state index contributed by atoms with van der Waals surface area (Å²) in [4.78, 5) is 12.1. The van der Waals surface area contributed by atoms with Crippen LogP contribution in [0.2, 0.25) is 0 Å². The molecule has 1 fully saturated rings. The highest BCUT2D eigenvalue weighted by atomic mass is 16.7. The van der Waals surface area contributed by atoms with Gasteiger partial charge < -0.3 is 14.6 Å².